The van der Waals surface area contributed by atoms with Crippen LogP contribution in [0.4, 0.5) is 5.82 Å². The smallest absolute Gasteiger partial charge is 0.351 e. The van der Waals surface area contributed by atoms with E-state index in [1.54, 1.807) is 0 Å². The zero-order valence-electron chi connectivity index (χ0n) is 16.9. The highest BCUT2D eigenvalue weighted by Gasteiger charge is 2.43. The van der Waals surface area contributed by atoms with Crippen molar-refractivity contribution < 1.29 is 24.9 Å². The van der Waals surface area contributed by atoms with Crippen LogP contribution in [0.3, 0.4) is 0 Å². The van der Waals surface area contributed by atoms with Crippen LogP contribution < -0.4 is 11.4 Å². The van der Waals surface area contributed by atoms with Gasteiger partial charge in [0.1, 0.15) is 24.1 Å². The molecule has 0 bridgehead atoms. The molecular formula is C18H32N4O6. The quantitative estimate of drug-likeness (QED) is 0.491. The number of nitrogens with zero attached hydrogens (tertiary/aromatic N) is 3. The van der Waals surface area contributed by atoms with Gasteiger partial charge in [0.05, 0.1) is 6.61 Å². The molecule has 5 N–H and O–H groups in total. The monoisotopic (exact) mass is 400 g/mol. The molecule has 160 valence electrons. The van der Waals surface area contributed by atoms with Gasteiger partial charge in [0.25, 0.3) is 0 Å². The lowest BCUT2D eigenvalue weighted by Gasteiger charge is -2.19. The first kappa shape index (κ1) is 24.0. The summed E-state index contributed by atoms with van der Waals surface area (Å²) in [7, 11) is 0. The molecule has 0 spiro atoms. The van der Waals surface area contributed by atoms with Gasteiger partial charge in [-0.05, 0) is 25.8 Å². The number of amides is 1. The summed E-state index contributed by atoms with van der Waals surface area (Å²) in [6.07, 6.45) is -2.58. The fourth-order valence-corrected chi connectivity index (χ4v) is 2.78. The van der Waals surface area contributed by atoms with Crippen molar-refractivity contribution in [2.45, 2.75) is 58.7 Å². The molecule has 1 aromatic rings. The maximum absolute atomic E-state index is 11.5. The van der Waals surface area contributed by atoms with Crippen molar-refractivity contribution in [2.75, 3.05) is 25.4 Å². The van der Waals surface area contributed by atoms with Gasteiger partial charge >= 0.3 is 5.69 Å². The van der Waals surface area contributed by atoms with Gasteiger partial charge in [-0.15, -0.1) is 0 Å². The maximum Gasteiger partial charge on any atom is 0.351 e. The van der Waals surface area contributed by atoms with E-state index in [-0.39, 0.29) is 11.7 Å². The zero-order valence-corrected chi connectivity index (χ0v) is 16.9. The summed E-state index contributed by atoms with van der Waals surface area (Å²) in [6.45, 7) is 9.39. The van der Waals surface area contributed by atoms with Crippen molar-refractivity contribution in [1.82, 2.24) is 14.5 Å². The third-order valence-corrected chi connectivity index (χ3v) is 4.34. The molecule has 1 aliphatic rings. The fourth-order valence-electron chi connectivity index (χ4n) is 2.78. The van der Waals surface area contributed by atoms with Crippen LogP contribution in [0.2, 0.25) is 0 Å². The zero-order chi connectivity index (χ0) is 21.4. The summed E-state index contributed by atoms with van der Waals surface area (Å²) >= 11 is 0. The van der Waals surface area contributed by atoms with Gasteiger partial charge in [-0.25, -0.2) is 4.79 Å². The standard InChI is InChI=1S/C9H13N3O5.C9H19NO/c10-5-1-2-12(9(16)11-5)8-7(15)6(14)4(3-13)17-8;1-5-10(6-2)9(11)7-8(3)4/h1-2,4,6-8,13-15H,3H2,(H2,10,11,16);8H,5-7H2,1-4H3/t4-,6-,7+,8-;/m1./s1. The van der Waals surface area contributed by atoms with E-state index >= 15 is 0 Å². The van der Waals surface area contributed by atoms with Crippen molar-refractivity contribution in [2.24, 2.45) is 5.92 Å². The molecule has 28 heavy (non-hydrogen) atoms. The van der Waals surface area contributed by atoms with Crippen LogP contribution in [0.5, 0.6) is 0 Å². The van der Waals surface area contributed by atoms with E-state index in [1.807, 2.05) is 18.7 Å². The number of aliphatic hydroxyl groups is 3. The number of carbonyl (C=O) groups excluding carboxylic acids is 1. The van der Waals surface area contributed by atoms with E-state index in [2.05, 4.69) is 18.8 Å². The first-order valence-corrected chi connectivity index (χ1v) is 9.41. The number of carbonyl (C=O) groups is 1. The number of nitrogens with two attached hydrogens (primary N) is 1. The first-order chi connectivity index (χ1) is 13.2. The molecule has 0 saturated carbocycles. The van der Waals surface area contributed by atoms with E-state index in [0.717, 1.165) is 17.7 Å². The lowest BCUT2D eigenvalue weighted by atomic mass is 10.1. The van der Waals surface area contributed by atoms with Crippen LogP contribution in [-0.2, 0) is 9.53 Å². The molecule has 1 aromatic heterocycles. The predicted octanol–water partition coefficient (Wildman–Crippen LogP) is -0.662. The third kappa shape index (κ3) is 6.26. The number of hydrogen-bond acceptors (Lipinski definition) is 8. The van der Waals surface area contributed by atoms with Crippen molar-refractivity contribution in [3.05, 3.63) is 22.7 Å². The van der Waals surface area contributed by atoms with Gasteiger partial charge < -0.3 is 30.7 Å². The second-order valence-electron chi connectivity index (χ2n) is 6.94. The molecule has 0 unspecified atom stereocenters. The van der Waals surface area contributed by atoms with Crippen molar-refractivity contribution in [3.63, 3.8) is 0 Å². The highest BCUT2D eigenvalue weighted by molar-refractivity contribution is 5.76. The van der Waals surface area contributed by atoms with Crippen LogP contribution >= 0.6 is 0 Å². The highest BCUT2D eigenvalue weighted by Crippen LogP contribution is 2.27. The second kappa shape index (κ2) is 11.1. The van der Waals surface area contributed by atoms with Crippen LogP contribution in [0.1, 0.15) is 40.3 Å². The molecule has 0 aromatic carbocycles. The summed E-state index contributed by atoms with van der Waals surface area (Å²) in [5, 5.41) is 28.2. The minimum Gasteiger partial charge on any atom is -0.394 e. The van der Waals surface area contributed by atoms with Crippen LogP contribution in [0.15, 0.2) is 17.1 Å². The molecule has 1 amide bonds. The van der Waals surface area contributed by atoms with Crippen LogP contribution in [0, 0.1) is 5.92 Å². The van der Waals surface area contributed by atoms with Crippen molar-refractivity contribution in [1.29, 1.82) is 0 Å². The Morgan fingerprint density at radius 2 is 1.93 bits per heavy atom. The van der Waals surface area contributed by atoms with Gasteiger partial charge in [0.2, 0.25) is 5.91 Å². The van der Waals surface area contributed by atoms with Crippen LogP contribution in [-0.4, -0.2) is 73.7 Å². The Morgan fingerprint density at radius 3 is 2.36 bits per heavy atom. The Hall–Kier alpha value is -2.01. The number of hydrogen-bond donors (Lipinski definition) is 4. The molecule has 2 heterocycles. The lowest BCUT2D eigenvalue weighted by Crippen LogP contribution is -2.36. The average molecular weight is 400 g/mol. The normalized spacial score (nSPS) is 24.0. The minimum absolute atomic E-state index is 0.0537. The van der Waals surface area contributed by atoms with Crippen LogP contribution in [0.25, 0.3) is 0 Å². The van der Waals surface area contributed by atoms with E-state index in [1.165, 1.54) is 12.3 Å². The Labute approximate surface area is 164 Å². The SMILES string of the molecule is CCN(CC)C(=O)CC(C)C.Nc1ccn([C@@H]2O[C@H](CO)[C@@H](O)[C@@H]2O)c(=O)n1. The summed E-state index contributed by atoms with van der Waals surface area (Å²) < 4.78 is 6.19. The summed E-state index contributed by atoms with van der Waals surface area (Å²) in [5.41, 5.74) is 4.63. The molecule has 1 aliphatic heterocycles. The predicted molar refractivity (Wildman–Crippen MR) is 103 cm³/mol. The second-order valence-corrected chi connectivity index (χ2v) is 6.94. The number of nitrogen functional groups attached to an aromatic ring is 1. The Bertz CT molecular complexity index is 676. The molecule has 10 heteroatoms. The molecular weight excluding hydrogens is 368 g/mol. The topological polar surface area (TPSA) is 151 Å². The number of ether oxygens (including phenoxy) is 1. The molecule has 4 atom stereocenters. The first-order valence-electron chi connectivity index (χ1n) is 9.41. The van der Waals surface area contributed by atoms with E-state index < -0.39 is 36.8 Å². The van der Waals surface area contributed by atoms with Gasteiger partial charge in [-0.2, -0.15) is 4.98 Å². The number of rotatable bonds is 6. The van der Waals surface area contributed by atoms with Gasteiger partial charge in [-0.3, -0.25) is 9.36 Å². The molecule has 1 fully saturated rings. The largest absolute Gasteiger partial charge is 0.394 e. The lowest BCUT2D eigenvalue weighted by molar-refractivity contribution is -0.131. The average Bonchev–Trinajstić information content (AvgIpc) is 2.91. The van der Waals surface area contributed by atoms with E-state index in [9.17, 15) is 19.8 Å². The molecule has 1 saturated heterocycles. The summed E-state index contributed by atoms with van der Waals surface area (Å²) in [6, 6.07) is 1.37. The molecule has 0 radical (unpaired) electrons. The van der Waals surface area contributed by atoms with Gasteiger partial charge in [0, 0.05) is 25.7 Å². The maximum atomic E-state index is 11.5. The van der Waals surface area contributed by atoms with Crippen molar-refractivity contribution >= 4 is 11.7 Å². The number of anilines is 1. The Kier molecular flexibility index (Phi) is 9.53. The van der Waals surface area contributed by atoms with E-state index in [0.29, 0.717) is 12.3 Å². The summed E-state index contributed by atoms with van der Waals surface area (Å²) in [5.74, 6) is 0.811. The molecule has 0 aliphatic carbocycles. The summed E-state index contributed by atoms with van der Waals surface area (Å²) in [4.78, 5) is 28.2. The fraction of sp³-hybridized carbons (Fsp3) is 0.722. The molecule has 10 nitrogen and oxygen atoms in total. The Morgan fingerprint density at radius 1 is 1.32 bits per heavy atom. The van der Waals surface area contributed by atoms with E-state index in [4.69, 9.17) is 15.6 Å². The third-order valence-electron chi connectivity index (χ3n) is 4.34. The van der Waals surface area contributed by atoms with Gasteiger partial charge in [0.15, 0.2) is 6.23 Å². The van der Waals surface area contributed by atoms with Crippen molar-refractivity contribution in [3.8, 4) is 0 Å². The number of aromatic nitrogens is 2. The molecule has 2 rings (SSSR count). The number of aliphatic hydroxyl groups excluding tert-OH is 3. The van der Waals surface area contributed by atoms with Gasteiger partial charge in [-0.1, -0.05) is 13.8 Å². The minimum atomic E-state index is -1.31. The highest BCUT2D eigenvalue weighted by atomic mass is 16.6. The Balaban J connectivity index is 0.000000311.